The number of benzene rings is 2. The van der Waals surface area contributed by atoms with Crippen molar-refractivity contribution < 1.29 is 19.1 Å². The van der Waals surface area contributed by atoms with Crippen LogP contribution in [0.15, 0.2) is 60.7 Å². The van der Waals surface area contributed by atoms with E-state index in [1.807, 2.05) is 12.1 Å². The van der Waals surface area contributed by atoms with Crippen LogP contribution >= 0.6 is 0 Å². The van der Waals surface area contributed by atoms with Gasteiger partial charge >= 0.3 is 11.9 Å². The first-order valence-electron chi connectivity index (χ1n) is 7.47. The fraction of sp³-hybridized carbons (Fsp3) is 0.222. The Hall–Kier alpha value is -2.66. The van der Waals surface area contributed by atoms with Gasteiger partial charge in [-0.3, -0.25) is 0 Å². The van der Waals surface area contributed by atoms with E-state index in [4.69, 9.17) is 9.47 Å². The van der Waals surface area contributed by atoms with E-state index < -0.39 is 24.1 Å². The molecule has 118 valence electrons. The number of hydrogen-bond acceptors (Lipinski definition) is 5. The highest BCUT2D eigenvalue weighted by molar-refractivity contribution is 5.90. The Morgan fingerprint density at radius 1 is 0.739 bits per heavy atom. The second-order valence-corrected chi connectivity index (χ2v) is 5.28. The zero-order valence-corrected chi connectivity index (χ0v) is 12.5. The molecule has 2 unspecified atom stereocenters. The summed E-state index contributed by atoms with van der Waals surface area (Å²) in [5.41, 5.74) is 0.958. The van der Waals surface area contributed by atoms with Gasteiger partial charge in [-0.1, -0.05) is 36.4 Å². The molecule has 0 radical (unpaired) electrons. The molecule has 1 N–H and O–H groups in total. The molecule has 1 fully saturated rings. The molecule has 2 atom stereocenters. The molecule has 0 aliphatic carbocycles. The SMILES string of the molecule is O=C(OC1CNCC1OC(=O)c1ccccc1)c1ccccc1. The van der Waals surface area contributed by atoms with E-state index in [2.05, 4.69) is 5.32 Å². The minimum absolute atomic E-state index is 0.417. The molecule has 0 bridgehead atoms. The van der Waals surface area contributed by atoms with Crippen molar-refractivity contribution in [1.82, 2.24) is 5.32 Å². The average Bonchev–Trinajstić information content (AvgIpc) is 3.03. The molecule has 5 nitrogen and oxygen atoms in total. The first-order valence-corrected chi connectivity index (χ1v) is 7.47. The molecule has 1 aliphatic rings. The van der Waals surface area contributed by atoms with Crippen LogP contribution in [-0.2, 0) is 9.47 Å². The van der Waals surface area contributed by atoms with Gasteiger partial charge < -0.3 is 14.8 Å². The molecule has 5 heteroatoms. The van der Waals surface area contributed by atoms with Crippen molar-refractivity contribution in [3.63, 3.8) is 0 Å². The highest BCUT2D eigenvalue weighted by Gasteiger charge is 2.33. The molecule has 0 spiro atoms. The van der Waals surface area contributed by atoms with Gasteiger partial charge in [0.25, 0.3) is 0 Å². The van der Waals surface area contributed by atoms with Crippen molar-refractivity contribution in [2.24, 2.45) is 0 Å². The van der Waals surface area contributed by atoms with Crippen molar-refractivity contribution in [3.8, 4) is 0 Å². The highest BCUT2D eigenvalue weighted by Crippen LogP contribution is 2.14. The molecule has 23 heavy (non-hydrogen) atoms. The minimum Gasteiger partial charge on any atom is -0.453 e. The highest BCUT2D eigenvalue weighted by atomic mass is 16.6. The summed E-state index contributed by atoms with van der Waals surface area (Å²) in [4.78, 5) is 24.2. The third kappa shape index (κ3) is 3.76. The van der Waals surface area contributed by atoms with Crippen LogP contribution in [0.3, 0.4) is 0 Å². The number of hydrogen-bond donors (Lipinski definition) is 1. The summed E-state index contributed by atoms with van der Waals surface area (Å²) in [6, 6.07) is 17.5. The number of ether oxygens (including phenoxy) is 2. The van der Waals surface area contributed by atoms with Gasteiger partial charge in [-0.2, -0.15) is 0 Å². The van der Waals surface area contributed by atoms with Crippen LogP contribution in [0.5, 0.6) is 0 Å². The fourth-order valence-electron chi connectivity index (χ4n) is 2.43. The second kappa shape index (κ2) is 7.07. The van der Waals surface area contributed by atoms with Gasteiger partial charge in [0, 0.05) is 13.1 Å². The van der Waals surface area contributed by atoms with Gasteiger partial charge in [-0.05, 0) is 24.3 Å². The Labute approximate surface area is 134 Å². The van der Waals surface area contributed by atoms with Crippen LogP contribution in [0.4, 0.5) is 0 Å². The molecule has 1 saturated heterocycles. The molecule has 2 aromatic rings. The van der Waals surface area contributed by atoms with Gasteiger partial charge in [-0.25, -0.2) is 9.59 Å². The summed E-state index contributed by atoms with van der Waals surface area (Å²) in [6.45, 7) is 0.927. The standard InChI is InChI=1S/C18H17NO4/c20-17(13-7-3-1-4-8-13)22-15-11-19-12-16(15)23-18(21)14-9-5-2-6-10-14/h1-10,15-16,19H,11-12H2. The molecule has 1 heterocycles. The van der Waals surface area contributed by atoms with Gasteiger partial charge in [0.1, 0.15) is 0 Å². The molecule has 0 aromatic heterocycles. The fourth-order valence-corrected chi connectivity index (χ4v) is 2.43. The van der Waals surface area contributed by atoms with Crippen molar-refractivity contribution in [2.75, 3.05) is 13.1 Å². The van der Waals surface area contributed by atoms with Crippen LogP contribution in [0.2, 0.25) is 0 Å². The van der Waals surface area contributed by atoms with Crippen molar-refractivity contribution in [1.29, 1.82) is 0 Å². The van der Waals surface area contributed by atoms with Gasteiger partial charge in [0.15, 0.2) is 12.2 Å². The van der Waals surface area contributed by atoms with Crippen molar-refractivity contribution >= 4 is 11.9 Å². The van der Waals surface area contributed by atoms with Crippen molar-refractivity contribution in [2.45, 2.75) is 12.2 Å². The number of rotatable bonds is 4. The average molecular weight is 311 g/mol. The molecule has 3 rings (SSSR count). The van der Waals surface area contributed by atoms with Gasteiger partial charge in [-0.15, -0.1) is 0 Å². The lowest BCUT2D eigenvalue weighted by atomic mass is 10.2. The maximum Gasteiger partial charge on any atom is 0.338 e. The maximum atomic E-state index is 12.1. The van der Waals surface area contributed by atoms with Crippen LogP contribution in [0.25, 0.3) is 0 Å². The van der Waals surface area contributed by atoms with Crippen LogP contribution < -0.4 is 5.32 Å². The van der Waals surface area contributed by atoms with E-state index in [0.29, 0.717) is 24.2 Å². The molecule has 0 saturated carbocycles. The Morgan fingerprint density at radius 3 is 1.52 bits per heavy atom. The van der Waals surface area contributed by atoms with Crippen molar-refractivity contribution in [3.05, 3.63) is 71.8 Å². The van der Waals surface area contributed by atoms with Gasteiger partial charge in [0.2, 0.25) is 0 Å². The first kappa shape index (κ1) is 15.2. The number of nitrogens with one attached hydrogen (secondary N) is 1. The summed E-state index contributed by atoms with van der Waals surface area (Å²) in [6.07, 6.45) is -0.981. The molecule has 1 aliphatic heterocycles. The molecule has 0 amide bonds. The Bertz CT molecular complexity index is 612. The first-order chi connectivity index (χ1) is 11.2. The van der Waals surface area contributed by atoms with E-state index in [9.17, 15) is 9.59 Å². The van der Waals surface area contributed by atoms with E-state index in [-0.39, 0.29) is 0 Å². The number of carbonyl (C=O) groups excluding carboxylic acids is 2. The molecular weight excluding hydrogens is 294 g/mol. The van der Waals surface area contributed by atoms with E-state index in [1.54, 1.807) is 48.5 Å². The Morgan fingerprint density at radius 2 is 1.13 bits per heavy atom. The topological polar surface area (TPSA) is 64.6 Å². The second-order valence-electron chi connectivity index (χ2n) is 5.28. The summed E-state index contributed by atoms with van der Waals surface area (Å²) in [5, 5.41) is 3.08. The zero-order chi connectivity index (χ0) is 16.1. The number of carbonyl (C=O) groups is 2. The van der Waals surface area contributed by atoms with Gasteiger partial charge in [0.05, 0.1) is 11.1 Å². The van der Waals surface area contributed by atoms with Crippen LogP contribution in [0.1, 0.15) is 20.7 Å². The Kier molecular flexibility index (Phi) is 4.68. The zero-order valence-electron chi connectivity index (χ0n) is 12.5. The monoisotopic (exact) mass is 311 g/mol. The van der Waals surface area contributed by atoms with Crippen LogP contribution in [-0.4, -0.2) is 37.2 Å². The molecule has 2 aromatic carbocycles. The van der Waals surface area contributed by atoms with E-state index in [1.165, 1.54) is 0 Å². The predicted octanol–water partition coefficient (Wildman–Crippen LogP) is 2.04. The van der Waals surface area contributed by atoms with E-state index in [0.717, 1.165) is 0 Å². The third-order valence-electron chi connectivity index (χ3n) is 3.64. The lowest BCUT2D eigenvalue weighted by molar-refractivity contribution is -0.0176. The normalized spacial score (nSPS) is 20.0. The predicted molar refractivity (Wildman–Crippen MR) is 84.2 cm³/mol. The third-order valence-corrected chi connectivity index (χ3v) is 3.64. The quantitative estimate of drug-likeness (QED) is 0.875. The smallest absolute Gasteiger partial charge is 0.338 e. The lowest BCUT2D eigenvalue weighted by Gasteiger charge is -2.19. The summed E-state index contributed by atoms with van der Waals surface area (Å²) in [7, 11) is 0. The Balaban J connectivity index is 1.62. The summed E-state index contributed by atoms with van der Waals surface area (Å²) >= 11 is 0. The molecular formula is C18H17NO4. The minimum atomic E-state index is -0.490. The van der Waals surface area contributed by atoms with E-state index >= 15 is 0 Å². The largest absolute Gasteiger partial charge is 0.453 e. The summed E-state index contributed by atoms with van der Waals surface area (Å²) in [5.74, 6) is -0.833. The summed E-state index contributed by atoms with van der Waals surface area (Å²) < 4.78 is 10.9. The maximum absolute atomic E-state index is 12.1. The van der Waals surface area contributed by atoms with Crippen LogP contribution in [0, 0.1) is 0 Å². The lowest BCUT2D eigenvalue weighted by Crippen LogP contribution is -2.34. The number of esters is 2.